The molecule has 1 N–H and O–H groups in total. The van der Waals surface area contributed by atoms with E-state index in [4.69, 9.17) is 16.7 Å². The van der Waals surface area contributed by atoms with Gasteiger partial charge in [0.1, 0.15) is 0 Å². The Balaban J connectivity index is 1.42. The van der Waals surface area contributed by atoms with Crippen molar-refractivity contribution in [3.8, 4) is 5.69 Å². The van der Waals surface area contributed by atoms with Crippen LogP contribution in [-0.2, 0) is 6.54 Å². The molecule has 1 heterocycles. The number of hydrogen-bond donors (Lipinski definition) is 1. The summed E-state index contributed by atoms with van der Waals surface area (Å²) >= 11 is 6.31. The quantitative estimate of drug-likeness (QED) is 0.523. The molecule has 5 heteroatoms. The lowest BCUT2D eigenvalue weighted by molar-refractivity contribution is 0.0942. The van der Waals surface area contributed by atoms with Crippen molar-refractivity contribution in [1.82, 2.24) is 15.1 Å². The summed E-state index contributed by atoms with van der Waals surface area (Å²) in [6.45, 7) is 2.51. The third-order valence-electron chi connectivity index (χ3n) is 7.78. The van der Waals surface area contributed by atoms with Crippen LogP contribution in [0.3, 0.4) is 0 Å². The van der Waals surface area contributed by atoms with Crippen LogP contribution >= 0.6 is 11.6 Å². The van der Waals surface area contributed by atoms with E-state index in [0.29, 0.717) is 29.1 Å². The van der Waals surface area contributed by atoms with Gasteiger partial charge in [0, 0.05) is 23.0 Å². The topological polar surface area (TPSA) is 46.9 Å². The van der Waals surface area contributed by atoms with Crippen LogP contribution in [0.25, 0.3) is 5.69 Å². The van der Waals surface area contributed by atoms with Gasteiger partial charge in [-0.2, -0.15) is 5.10 Å². The second kappa shape index (κ2) is 7.77. The van der Waals surface area contributed by atoms with Crippen LogP contribution in [0.2, 0.25) is 5.02 Å². The van der Waals surface area contributed by atoms with Crippen molar-refractivity contribution in [2.24, 2.45) is 11.8 Å². The smallest absolute Gasteiger partial charge is 0.272 e. The van der Waals surface area contributed by atoms with Gasteiger partial charge in [0.25, 0.3) is 5.91 Å². The molecule has 0 radical (unpaired) electrons. The Bertz CT molecular complexity index is 1170. The molecule has 2 aromatic carbocycles. The number of carbonyl (C=O) groups excluding carboxylic acids is 1. The average Bonchev–Trinajstić information content (AvgIpc) is 3.10. The number of aromatic nitrogens is 2. The molecule has 32 heavy (non-hydrogen) atoms. The lowest BCUT2D eigenvalue weighted by atomic mass is 9.67. The first-order chi connectivity index (χ1) is 15.6. The number of halogens is 1. The molecule has 4 aliphatic rings. The van der Waals surface area contributed by atoms with Gasteiger partial charge in [-0.25, -0.2) is 4.68 Å². The monoisotopic (exact) mass is 445 g/mol. The summed E-state index contributed by atoms with van der Waals surface area (Å²) in [6.07, 6.45) is 6.23. The molecule has 4 nitrogen and oxygen atoms in total. The molecule has 7 rings (SSSR count). The van der Waals surface area contributed by atoms with Crippen LogP contribution in [0.1, 0.15) is 76.8 Å². The molecule has 0 aliphatic heterocycles. The third-order valence-corrected chi connectivity index (χ3v) is 8.15. The fourth-order valence-corrected chi connectivity index (χ4v) is 6.70. The predicted molar refractivity (Wildman–Crippen MR) is 126 cm³/mol. The van der Waals surface area contributed by atoms with Gasteiger partial charge in [-0.1, -0.05) is 47.5 Å². The van der Waals surface area contributed by atoms with Gasteiger partial charge < -0.3 is 5.32 Å². The molecular formula is C27H28ClN3O. The standard InChI is InChI=1S/C27H28ClN3O/c1-16-6-8-22(9-7-16)31-26-21-13-17-10-18(14-21)12-20(11-17)24(26)25(30-31)27(32)29-15-19-4-2-3-5-23(19)28/h2-9,17-18,20-21H,10-15H2,1H3,(H,29,32). The molecule has 164 valence electrons. The maximum absolute atomic E-state index is 13.5. The highest BCUT2D eigenvalue weighted by Gasteiger charge is 2.46. The van der Waals surface area contributed by atoms with Crippen molar-refractivity contribution in [2.75, 3.05) is 0 Å². The molecule has 2 atom stereocenters. The van der Waals surface area contributed by atoms with E-state index in [0.717, 1.165) is 23.1 Å². The summed E-state index contributed by atoms with van der Waals surface area (Å²) in [5, 5.41) is 8.74. The summed E-state index contributed by atoms with van der Waals surface area (Å²) < 4.78 is 2.09. The van der Waals surface area contributed by atoms with E-state index >= 15 is 0 Å². The van der Waals surface area contributed by atoms with Gasteiger partial charge in [-0.3, -0.25) is 4.79 Å². The van der Waals surface area contributed by atoms with Crippen LogP contribution < -0.4 is 5.32 Å². The highest BCUT2D eigenvalue weighted by atomic mass is 35.5. The van der Waals surface area contributed by atoms with Gasteiger partial charge >= 0.3 is 0 Å². The normalized spacial score (nSPS) is 25.4. The van der Waals surface area contributed by atoms with E-state index in [1.54, 1.807) is 0 Å². The van der Waals surface area contributed by atoms with Crippen LogP contribution in [0.4, 0.5) is 0 Å². The Morgan fingerprint density at radius 1 is 1.00 bits per heavy atom. The number of nitrogens with zero attached hydrogens (tertiary/aromatic N) is 2. The zero-order chi connectivity index (χ0) is 21.8. The fourth-order valence-electron chi connectivity index (χ4n) is 6.50. The molecule has 2 fully saturated rings. The summed E-state index contributed by atoms with van der Waals surface area (Å²) in [6, 6.07) is 16.2. The third kappa shape index (κ3) is 3.36. The zero-order valence-corrected chi connectivity index (χ0v) is 19.1. The molecule has 1 amide bonds. The lowest BCUT2D eigenvalue weighted by Crippen LogP contribution is -2.28. The highest BCUT2D eigenvalue weighted by molar-refractivity contribution is 6.31. The number of carbonyl (C=O) groups is 1. The number of nitrogens with one attached hydrogen (secondary N) is 1. The van der Waals surface area contributed by atoms with Crippen LogP contribution in [0.5, 0.6) is 0 Å². The Kier molecular flexibility index (Phi) is 4.87. The number of amides is 1. The summed E-state index contributed by atoms with van der Waals surface area (Å²) in [4.78, 5) is 13.5. The molecule has 2 saturated carbocycles. The first kappa shape index (κ1) is 20.0. The first-order valence-corrected chi connectivity index (χ1v) is 12.2. The molecule has 2 unspecified atom stereocenters. The van der Waals surface area contributed by atoms with Gasteiger partial charge in [-0.15, -0.1) is 0 Å². The first-order valence-electron chi connectivity index (χ1n) is 11.8. The minimum absolute atomic E-state index is 0.0896. The molecule has 4 aliphatic carbocycles. The number of aryl methyl sites for hydroxylation is 1. The Morgan fingerprint density at radius 3 is 2.41 bits per heavy atom. The van der Waals surface area contributed by atoms with Crippen molar-refractivity contribution in [3.05, 3.63) is 81.6 Å². The minimum Gasteiger partial charge on any atom is -0.346 e. The van der Waals surface area contributed by atoms with Crippen molar-refractivity contribution >= 4 is 17.5 Å². The van der Waals surface area contributed by atoms with Crippen LogP contribution in [0, 0.1) is 18.8 Å². The number of hydrogen-bond acceptors (Lipinski definition) is 2. The van der Waals surface area contributed by atoms with Gasteiger partial charge in [0.15, 0.2) is 5.69 Å². The summed E-state index contributed by atoms with van der Waals surface area (Å²) in [5.74, 6) is 2.43. The van der Waals surface area contributed by atoms with E-state index in [1.807, 2.05) is 24.3 Å². The fraction of sp³-hybridized carbons (Fsp3) is 0.407. The van der Waals surface area contributed by atoms with E-state index in [2.05, 4.69) is 41.2 Å². The van der Waals surface area contributed by atoms with E-state index < -0.39 is 0 Å². The SMILES string of the molecule is Cc1ccc(-n2nc(C(=O)NCc3ccccc3Cl)c3c2C2CC4CC(CC3C4)C2)cc1. The number of benzene rings is 2. The van der Waals surface area contributed by atoms with E-state index in [1.165, 1.54) is 48.9 Å². The Morgan fingerprint density at radius 2 is 1.69 bits per heavy atom. The van der Waals surface area contributed by atoms with Gasteiger partial charge in [-0.05, 0) is 80.5 Å². The van der Waals surface area contributed by atoms with Crippen molar-refractivity contribution in [1.29, 1.82) is 0 Å². The van der Waals surface area contributed by atoms with Crippen molar-refractivity contribution < 1.29 is 4.79 Å². The predicted octanol–water partition coefficient (Wildman–Crippen LogP) is 6.16. The largest absolute Gasteiger partial charge is 0.346 e. The zero-order valence-electron chi connectivity index (χ0n) is 18.4. The van der Waals surface area contributed by atoms with E-state index in [-0.39, 0.29) is 5.91 Å². The van der Waals surface area contributed by atoms with Gasteiger partial charge in [0.2, 0.25) is 0 Å². The molecule has 1 aromatic heterocycles. The van der Waals surface area contributed by atoms with Gasteiger partial charge in [0.05, 0.1) is 11.4 Å². The minimum atomic E-state index is -0.0896. The van der Waals surface area contributed by atoms with E-state index in [9.17, 15) is 4.79 Å². The maximum Gasteiger partial charge on any atom is 0.272 e. The lowest BCUT2D eigenvalue weighted by Gasteiger charge is -2.38. The number of rotatable bonds is 4. The second-order valence-electron chi connectivity index (χ2n) is 9.97. The van der Waals surface area contributed by atoms with Crippen LogP contribution in [0.15, 0.2) is 48.5 Å². The second-order valence-corrected chi connectivity index (χ2v) is 10.4. The molecule has 0 saturated heterocycles. The summed E-state index contributed by atoms with van der Waals surface area (Å²) in [5.41, 5.74) is 6.34. The van der Waals surface area contributed by atoms with Crippen LogP contribution in [-0.4, -0.2) is 15.7 Å². The molecule has 3 aromatic rings. The molecular weight excluding hydrogens is 418 g/mol. The molecule has 0 spiro atoms. The maximum atomic E-state index is 13.5. The summed E-state index contributed by atoms with van der Waals surface area (Å²) in [7, 11) is 0. The Hall–Kier alpha value is -2.59. The average molecular weight is 446 g/mol. The Labute approximate surface area is 194 Å². The van der Waals surface area contributed by atoms with Crippen molar-refractivity contribution in [2.45, 2.75) is 57.4 Å². The van der Waals surface area contributed by atoms with Crippen molar-refractivity contribution in [3.63, 3.8) is 0 Å². The molecule has 4 bridgehead atoms. The highest BCUT2D eigenvalue weighted by Crippen LogP contribution is 2.57.